The Bertz CT molecular complexity index is 331. The minimum Gasteiger partial charge on any atom is -0.489 e. The highest BCUT2D eigenvalue weighted by Crippen LogP contribution is 2.22. The van der Waals surface area contributed by atoms with Crippen LogP contribution in [0.1, 0.15) is 51.1 Å². The molecule has 1 aromatic heterocycles. The zero-order valence-electron chi connectivity index (χ0n) is 11.3. The SMILES string of the molecule is CCCNCc1ccc(OC2CCCCC2)cn1. The predicted octanol–water partition coefficient (Wildman–Crippen LogP) is 3.29. The standard InChI is InChI=1S/C15H24N2O/c1-2-10-16-11-13-8-9-15(12-17-13)18-14-6-4-3-5-7-14/h8-9,12,14,16H,2-7,10-11H2,1H3. The molecule has 0 aliphatic heterocycles. The molecular formula is C15H24N2O. The Morgan fingerprint density at radius 3 is 2.78 bits per heavy atom. The van der Waals surface area contributed by atoms with Gasteiger partial charge in [-0.25, -0.2) is 0 Å². The molecule has 0 saturated heterocycles. The van der Waals surface area contributed by atoms with Gasteiger partial charge in [-0.15, -0.1) is 0 Å². The Labute approximate surface area is 110 Å². The number of nitrogens with zero attached hydrogens (tertiary/aromatic N) is 1. The number of rotatable bonds is 6. The third-order valence-corrected chi connectivity index (χ3v) is 3.39. The highest BCUT2D eigenvalue weighted by molar-refractivity contribution is 5.20. The second-order valence-electron chi connectivity index (χ2n) is 5.04. The smallest absolute Gasteiger partial charge is 0.138 e. The van der Waals surface area contributed by atoms with Crippen molar-refractivity contribution in [2.75, 3.05) is 6.54 Å². The molecule has 1 aliphatic carbocycles. The first-order valence-corrected chi connectivity index (χ1v) is 7.21. The van der Waals surface area contributed by atoms with Crippen molar-refractivity contribution in [3.63, 3.8) is 0 Å². The van der Waals surface area contributed by atoms with Gasteiger partial charge < -0.3 is 10.1 Å². The second-order valence-corrected chi connectivity index (χ2v) is 5.04. The van der Waals surface area contributed by atoms with Gasteiger partial charge >= 0.3 is 0 Å². The highest BCUT2D eigenvalue weighted by atomic mass is 16.5. The summed E-state index contributed by atoms with van der Waals surface area (Å²) in [4.78, 5) is 4.43. The summed E-state index contributed by atoms with van der Waals surface area (Å²) in [5, 5.41) is 3.35. The van der Waals surface area contributed by atoms with Crippen molar-refractivity contribution in [1.29, 1.82) is 0 Å². The molecule has 100 valence electrons. The van der Waals surface area contributed by atoms with Crippen LogP contribution in [0.2, 0.25) is 0 Å². The van der Waals surface area contributed by atoms with E-state index in [1.165, 1.54) is 32.1 Å². The largest absolute Gasteiger partial charge is 0.489 e. The van der Waals surface area contributed by atoms with Gasteiger partial charge in [0.25, 0.3) is 0 Å². The van der Waals surface area contributed by atoms with Crippen LogP contribution in [-0.4, -0.2) is 17.6 Å². The van der Waals surface area contributed by atoms with Crippen LogP contribution in [-0.2, 0) is 6.54 Å². The molecule has 0 aromatic carbocycles. The molecule has 0 atom stereocenters. The van der Waals surface area contributed by atoms with Crippen molar-refractivity contribution < 1.29 is 4.74 Å². The van der Waals surface area contributed by atoms with Crippen LogP contribution in [0.25, 0.3) is 0 Å². The van der Waals surface area contributed by atoms with Gasteiger partial charge in [0.05, 0.1) is 18.0 Å². The average molecular weight is 248 g/mol. The van der Waals surface area contributed by atoms with E-state index in [4.69, 9.17) is 4.74 Å². The maximum atomic E-state index is 5.95. The Morgan fingerprint density at radius 1 is 1.28 bits per heavy atom. The molecule has 1 N–H and O–H groups in total. The first-order valence-electron chi connectivity index (χ1n) is 7.21. The topological polar surface area (TPSA) is 34.1 Å². The third kappa shape index (κ3) is 4.30. The van der Waals surface area contributed by atoms with Crippen LogP contribution >= 0.6 is 0 Å². The summed E-state index contributed by atoms with van der Waals surface area (Å²) in [6.07, 6.45) is 9.78. The summed E-state index contributed by atoms with van der Waals surface area (Å²) < 4.78 is 5.95. The molecule has 0 bridgehead atoms. The van der Waals surface area contributed by atoms with E-state index in [-0.39, 0.29) is 0 Å². The molecule has 18 heavy (non-hydrogen) atoms. The second kappa shape index (κ2) is 7.37. The van der Waals surface area contributed by atoms with E-state index in [1.807, 2.05) is 12.3 Å². The Hall–Kier alpha value is -1.09. The number of pyridine rings is 1. The molecule has 3 heteroatoms. The van der Waals surface area contributed by atoms with Crippen LogP contribution in [0.4, 0.5) is 0 Å². The zero-order valence-corrected chi connectivity index (χ0v) is 11.3. The van der Waals surface area contributed by atoms with Gasteiger partial charge in [0, 0.05) is 6.54 Å². The van der Waals surface area contributed by atoms with Crippen molar-refractivity contribution in [2.45, 2.75) is 58.1 Å². The number of hydrogen-bond acceptors (Lipinski definition) is 3. The molecule has 1 heterocycles. The minimum atomic E-state index is 0.407. The number of aromatic nitrogens is 1. The van der Waals surface area contributed by atoms with Gasteiger partial charge in [-0.2, -0.15) is 0 Å². The lowest BCUT2D eigenvalue weighted by Gasteiger charge is -2.22. The lowest BCUT2D eigenvalue weighted by molar-refractivity contribution is 0.154. The van der Waals surface area contributed by atoms with Crippen molar-refractivity contribution in [3.05, 3.63) is 24.0 Å². The molecule has 1 fully saturated rings. The first kappa shape index (κ1) is 13.3. The maximum Gasteiger partial charge on any atom is 0.138 e. The predicted molar refractivity (Wildman–Crippen MR) is 73.7 cm³/mol. The molecule has 0 unspecified atom stereocenters. The molecule has 2 rings (SSSR count). The Balaban J connectivity index is 1.79. The number of hydrogen-bond donors (Lipinski definition) is 1. The van der Waals surface area contributed by atoms with E-state index in [9.17, 15) is 0 Å². The molecule has 0 radical (unpaired) electrons. The summed E-state index contributed by atoms with van der Waals surface area (Å²) in [5.74, 6) is 0.918. The lowest BCUT2D eigenvalue weighted by atomic mass is 9.98. The van der Waals surface area contributed by atoms with Crippen LogP contribution in [0.3, 0.4) is 0 Å². The van der Waals surface area contributed by atoms with Crippen LogP contribution < -0.4 is 10.1 Å². The average Bonchev–Trinajstić information content (AvgIpc) is 2.42. The zero-order chi connectivity index (χ0) is 12.6. The van der Waals surface area contributed by atoms with Crippen molar-refractivity contribution >= 4 is 0 Å². The summed E-state index contributed by atoms with van der Waals surface area (Å²) in [6, 6.07) is 4.10. The fourth-order valence-corrected chi connectivity index (χ4v) is 2.35. The van der Waals surface area contributed by atoms with Crippen molar-refractivity contribution in [1.82, 2.24) is 10.3 Å². The number of ether oxygens (including phenoxy) is 1. The van der Waals surface area contributed by atoms with Crippen molar-refractivity contribution in [3.8, 4) is 5.75 Å². The highest BCUT2D eigenvalue weighted by Gasteiger charge is 2.14. The van der Waals surface area contributed by atoms with Gasteiger partial charge in [0.1, 0.15) is 5.75 Å². The van der Waals surface area contributed by atoms with E-state index in [2.05, 4.69) is 23.3 Å². The third-order valence-electron chi connectivity index (χ3n) is 3.39. The molecule has 3 nitrogen and oxygen atoms in total. The lowest BCUT2D eigenvalue weighted by Crippen LogP contribution is -2.20. The maximum absolute atomic E-state index is 5.95. The summed E-state index contributed by atoms with van der Waals surface area (Å²) in [6.45, 7) is 4.06. The Kier molecular flexibility index (Phi) is 5.46. The first-order chi connectivity index (χ1) is 8.88. The quantitative estimate of drug-likeness (QED) is 0.784. The molecule has 0 amide bonds. The molecule has 0 spiro atoms. The molecular weight excluding hydrogens is 224 g/mol. The van der Waals surface area contributed by atoms with Gasteiger partial charge in [0.15, 0.2) is 0 Å². The monoisotopic (exact) mass is 248 g/mol. The van der Waals surface area contributed by atoms with Gasteiger partial charge in [0.2, 0.25) is 0 Å². The molecule has 1 saturated carbocycles. The normalized spacial score (nSPS) is 16.7. The van der Waals surface area contributed by atoms with E-state index in [0.29, 0.717) is 6.10 Å². The van der Waals surface area contributed by atoms with E-state index < -0.39 is 0 Å². The number of nitrogens with one attached hydrogen (secondary N) is 1. The van der Waals surface area contributed by atoms with E-state index in [1.54, 1.807) is 0 Å². The molecule has 1 aromatic rings. The molecule has 1 aliphatic rings. The summed E-state index contributed by atoms with van der Waals surface area (Å²) >= 11 is 0. The Morgan fingerprint density at radius 2 is 2.11 bits per heavy atom. The van der Waals surface area contributed by atoms with E-state index in [0.717, 1.165) is 31.0 Å². The van der Waals surface area contributed by atoms with Crippen molar-refractivity contribution in [2.24, 2.45) is 0 Å². The van der Waals surface area contributed by atoms with E-state index >= 15 is 0 Å². The summed E-state index contributed by atoms with van der Waals surface area (Å²) in [5.41, 5.74) is 1.08. The minimum absolute atomic E-state index is 0.407. The fraction of sp³-hybridized carbons (Fsp3) is 0.667. The van der Waals surface area contributed by atoms with Crippen LogP contribution in [0, 0.1) is 0 Å². The fourth-order valence-electron chi connectivity index (χ4n) is 2.35. The van der Waals surface area contributed by atoms with Gasteiger partial charge in [-0.3, -0.25) is 4.98 Å². The summed E-state index contributed by atoms with van der Waals surface area (Å²) in [7, 11) is 0. The van der Waals surface area contributed by atoms with Crippen LogP contribution in [0.15, 0.2) is 18.3 Å². The van der Waals surface area contributed by atoms with Crippen LogP contribution in [0.5, 0.6) is 5.75 Å². The van der Waals surface area contributed by atoms with Gasteiger partial charge in [-0.1, -0.05) is 13.3 Å². The van der Waals surface area contributed by atoms with Gasteiger partial charge in [-0.05, 0) is 50.8 Å².